The Hall–Kier alpha value is -1.65. The van der Waals surface area contributed by atoms with Crippen LogP contribution in [-0.4, -0.2) is 40.1 Å². The van der Waals surface area contributed by atoms with Gasteiger partial charge in [-0.25, -0.2) is 13.1 Å². The molecule has 0 spiro atoms. The van der Waals surface area contributed by atoms with Crippen LogP contribution in [0.25, 0.3) is 0 Å². The number of nitrogens with two attached hydrogens (primary N) is 1. The summed E-state index contributed by atoms with van der Waals surface area (Å²) in [5, 5.41) is 1.68. The lowest BCUT2D eigenvalue weighted by molar-refractivity contribution is -0.123. The average molecular weight is 353 g/mol. The first-order chi connectivity index (χ1) is 10.7. The highest BCUT2D eigenvalue weighted by atomic mass is 32.2. The minimum absolute atomic E-state index is 0.168. The van der Waals surface area contributed by atoms with Crippen molar-refractivity contribution in [3.63, 3.8) is 0 Å². The molecule has 1 aromatic carbocycles. The Kier molecular flexibility index (Phi) is 6.98. The van der Waals surface area contributed by atoms with E-state index in [4.69, 9.17) is 5.73 Å². The Morgan fingerprint density at radius 3 is 2.52 bits per heavy atom. The van der Waals surface area contributed by atoms with Crippen LogP contribution < -0.4 is 15.8 Å². The molecule has 0 aliphatic carbocycles. The molecule has 0 radical (unpaired) electrons. The van der Waals surface area contributed by atoms with Crippen molar-refractivity contribution in [1.29, 1.82) is 0 Å². The fraction of sp³-hybridized carbons (Fsp3) is 0.462. The summed E-state index contributed by atoms with van der Waals surface area (Å²) in [5.41, 5.74) is 5.13. The second-order valence-corrected chi connectivity index (χ2v) is 6.49. The number of nitrogens with one attached hydrogen (secondary N) is 2. The van der Waals surface area contributed by atoms with Gasteiger partial charge in [0.2, 0.25) is 10.0 Å². The number of unbranched alkanes of at least 4 members (excludes halogenated alkanes) is 1. The van der Waals surface area contributed by atoms with Gasteiger partial charge in [0.25, 0.3) is 5.91 Å². The maximum absolute atomic E-state index is 12.1. The molecule has 10 heteroatoms. The minimum atomic E-state index is -4.54. The smallest absolute Gasteiger partial charge is 0.343 e. The lowest BCUT2D eigenvalue weighted by atomic mass is 10.2. The quantitative estimate of drug-likeness (QED) is 0.607. The van der Waals surface area contributed by atoms with Gasteiger partial charge in [0.05, 0.1) is 4.90 Å². The first-order valence-corrected chi connectivity index (χ1v) is 8.29. The third-order valence-corrected chi connectivity index (χ3v) is 4.24. The monoisotopic (exact) mass is 353 g/mol. The molecule has 4 N–H and O–H groups in total. The molecule has 23 heavy (non-hydrogen) atoms. The molecule has 0 unspecified atom stereocenters. The molecule has 1 amide bonds. The van der Waals surface area contributed by atoms with Crippen LogP contribution in [0.3, 0.4) is 0 Å². The summed E-state index contributed by atoms with van der Waals surface area (Å²) in [5.74, 6) is -0.998. The second kappa shape index (κ2) is 8.27. The maximum atomic E-state index is 12.1. The Morgan fingerprint density at radius 2 is 1.91 bits per heavy atom. The number of hydrogen-bond donors (Lipinski definition) is 3. The number of hydrogen-bond acceptors (Lipinski definition) is 4. The van der Waals surface area contributed by atoms with Crippen LogP contribution >= 0.6 is 0 Å². The molecule has 0 saturated heterocycles. The molecule has 0 fully saturated rings. The van der Waals surface area contributed by atoms with Gasteiger partial charge in [-0.2, -0.15) is 13.2 Å². The topological polar surface area (TPSA) is 101 Å². The summed E-state index contributed by atoms with van der Waals surface area (Å²) in [6, 6.07) is 4.80. The molecule has 0 bridgehead atoms. The molecule has 6 nitrogen and oxygen atoms in total. The minimum Gasteiger partial charge on any atom is -0.343 e. The zero-order valence-electron chi connectivity index (χ0n) is 12.2. The number of carbonyl (C=O) groups excluding carboxylic acids is 1. The largest absolute Gasteiger partial charge is 0.405 e. The van der Waals surface area contributed by atoms with E-state index in [0.29, 0.717) is 19.4 Å². The van der Waals surface area contributed by atoms with E-state index in [1.165, 1.54) is 18.2 Å². The van der Waals surface area contributed by atoms with Crippen LogP contribution in [-0.2, 0) is 10.0 Å². The van der Waals surface area contributed by atoms with Gasteiger partial charge in [0.1, 0.15) is 6.54 Å². The molecule has 0 heterocycles. The molecule has 1 rings (SSSR count). The Labute approximate surface area is 132 Å². The number of amides is 1. The Balaban J connectivity index is 2.77. The van der Waals surface area contributed by atoms with E-state index in [-0.39, 0.29) is 17.0 Å². The fourth-order valence-electron chi connectivity index (χ4n) is 1.65. The van der Waals surface area contributed by atoms with Gasteiger partial charge < -0.3 is 11.1 Å². The van der Waals surface area contributed by atoms with Gasteiger partial charge in [0.15, 0.2) is 0 Å². The van der Waals surface area contributed by atoms with Crippen LogP contribution in [0.2, 0.25) is 0 Å². The van der Waals surface area contributed by atoms with Gasteiger partial charge in [-0.15, -0.1) is 0 Å². The molecule has 130 valence electrons. The third-order valence-electron chi connectivity index (χ3n) is 2.78. The number of rotatable bonds is 8. The van der Waals surface area contributed by atoms with E-state index in [0.717, 1.165) is 6.07 Å². The number of halogens is 3. The van der Waals surface area contributed by atoms with Crippen LogP contribution in [0.5, 0.6) is 0 Å². The van der Waals surface area contributed by atoms with Crippen LogP contribution in [0.15, 0.2) is 29.2 Å². The summed E-state index contributed by atoms with van der Waals surface area (Å²) < 4.78 is 62.6. The molecule has 0 aliphatic heterocycles. The van der Waals surface area contributed by atoms with Crippen molar-refractivity contribution in [2.45, 2.75) is 23.9 Å². The third kappa shape index (κ3) is 6.97. The van der Waals surface area contributed by atoms with Crippen molar-refractivity contribution in [2.24, 2.45) is 5.73 Å². The second-order valence-electron chi connectivity index (χ2n) is 4.72. The number of benzene rings is 1. The van der Waals surface area contributed by atoms with Crippen molar-refractivity contribution < 1.29 is 26.4 Å². The summed E-state index contributed by atoms with van der Waals surface area (Å²) in [4.78, 5) is 11.4. The number of sulfonamides is 1. The number of carbonyl (C=O) groups is 1. The van der Waals surface area contributed by atoms with E-state index in [2.05, 4.69) is 4.72 Å². The van der Waals surface area contributed by atoms with E-state index < -0.39 is 28.7 Å². The predicted molar refractivity (Wildman–Crippen MR) is 78.3 cm³/mol. The SMILES string of the molecule is NCCCCNS(=O)(=O)c1cccc(C(=O)NCC(F)(F)F)c1. The summed E-state index contributed by atoms with van der Waals surface area (Å²) >= 11 is 0. The predicted octanol–water partition coefficient (Wildman–Crippen LogP) is 0.996. The van der Waals surface area contributed by atoms with Crippen LogP contribution in [0, 0.1) is 0 Å². The van der Waals surface area contributed by atoms with Crippen molar-refractivity contribution in [3.8, 4) is 0 Å². The Morgan fingerprint density at radius 1 is 1.22 bits per heavy atom. The molecule has 0 saturated carbocycles. The highest BCUT2D eigenvalue weighted by molar-refractivity contribution is 7.89. The summed E-state index contributed by atoms with van der Waals surface area (Å²) in [6.07, 6.45) is -3.33. The zero-order valence-corrected chi connectivity index (χ0v) is 13.0. The van der Waals surface area contributed by atoms with E-state index in [1.54, 1.807) is 5.32 Å². The fourth-order valence-corrected chi connectivity index (χ4v) is 2.77. The molecule has 1 aromatic rings. The average Bonchev–Trinajstić information content (AvgIpc) is 2.48. The highest BCUT2D eigenvalue weighted by Gasteiger charge is 2.28. The highest BCUT2D eigenvalue weighted by Crippen LogP contribution is 2.14. The van der Waals surface area contributed by atoms with Gasteiger partial charge >= 0.3 is 6.18 Å². The normalized spacial score (nSPS) is 12.2. The van der Waals surface area contributed by atoms with E-state index in [9.17, 15) is 26.4 Å². The maximum Gasteiger partial charge on any atom is 0.405 e. The number of alkyl halides is 3. The molecule has 0 aromatic heterocycles. The first kappa shape index (κ1) is 19.4. The van der Waals surface area contributed by atoms with Gasteiger partial charge in [-0.3, -0.25) is 4.79 Å². The molecular weight excluding hydrogens is 335 g/mol. The lowest BCUT2D eigenvalue weighted by Gasteiger charge is -2.10. The summed E-state index contributed by atoms with van der Waals surface area (Å²) in [7, 11) is -3.83. The lowest BCUT2D eigenvalue weighted by Crippen LogP contribution is -2.33. The van der Waals surface area contributed by atoms with Crippen molar-refractivity contribution in [1.82, 2.24) is 10.0 Å². The van der Waals surface area contributed by atoms with Crippen molar-refractivity contribution in [2.75, 3.05) is 19.6 Å². The zero-order chi connectivity index (χ0) is 17.5. The molecular formula is C13H18F3N3O3S. The van der Waals surface area contributed by atoms with Crippen molar-refractivity contribution in [3.05, 3.63) is 29.8 Å². The molecule has 0 atom stereocenters. The van der Waals surface area contributed by atoms with E-state index >= 15 is 0 Å². The molecule has 0 aliphatic rings. The van der Waals surface area contributed by atoms with E-state index in [1.807, 2.05) is 0 Å². The van der Waals surface area contributed by atoms with Gasteiger partial charge in [-0.05, 0) is 37.6 Å². The standard InChI is InChI=1S/C13H18F3N3O3S/c14-13(15,16)9-18-12(20)10-4-3-5-11(8-10)23(21,22)19-7-2-1-6-17/h3-5,8,19H,1-2,6-7,9,17H2,(H,18,20). The Bertz CT molecular complexity index is 633. The first-order valence-electron chi connectivity index (χ1n) is 6.80. The van der Waals surface area contributed by atoms with Crippen LogP contribution in [0.4, 0.5) is 13.2 Å². The van der Waals surface area contributed by atoms with Crippen LogP contribution in [0.1, 0.15) is 23.2 Å². The van der Waals surface area contributed by atoms with Crippen molar-refractivity contribution >= 4 is 15.9 Å². The van der Waals surface area contributed by atoms with Gasteiger partial charge in [0, 0.05) is 12.1 Å². The van der Waals surface area contributed by atoms with Gasteiger partial charge in [-0.1, -0.05) is 6.07 Å². The summed E-state index contributed by atoms with van der Waals surface area (Å²) in [6.45, 7) is -0.860.